The van der Waals surface area contributed by atoms with E-state index >= 15 is 0 Å². The molecule has 0 unspecified atom stereocenters. The number of thiophene rings is 1. The van der Waals surface area contributed by atoms with Crippen LogP contribution in [0.5, 0.6) is 5.75 Å². The first-order valence-corrected chi connectivity index (χ1v) is 7.96. The number of nitrogens with zero attached hydrogens (tertiary/aromatic N) is 2. The zero-order valence-corrected chi connectivity index (χ0v) is 13.1. The first-order valence-electron chi connectivity index (χ1n) is 7.08. The Kier molecular flexibility index (Phi) is 4.65. The van der Waals surface area contributed by atoms with E-state index in [4.69, 9.17) is 4.74 Å². The maximum absolute atomic E-state index is 5.16. The molecule has 0 atom stereocenters. The molecule has 22 heavy (non-hydrogen) atoms. The van der Waals surface area contributed by atoms with Crippen molar-refractivity contribution in [2.75, 3.05) is 19.0 Å². The Bertz CT molecular complexity index is 711. The standard InChI is InChI=1S/C17H17N3OS/c1-21-14-6-4-13(5-7-14)8-9-18-17-11-15(19-12-20-17)16-3-2-10-22-16/h2-7,10-12H,8-9H2,1H3,(H,18,19,20). The third kappa shape index (κ3) is 3.62. The number of nitrogens with one attached hydrogen (secondary N) is 1. The summed E-state index contributed by atoms with van der Waals surface area (Å²) in [5.74, 6) is 1.74. The second-order valence-electron chi connectivity index (χ2n) is 4.79. The van der Waals surface area contributed by atoms with E-state index in [0.29, 0.717) is 0 Å². The van der Waals surface area contributed by atoms with Gasteiger partial charge in [-0.2, -0.15) is 0 Å². The highest BCUT2D eigenvalue weighted by atomic mass is 32.1. The largest absolute Gasteiger partial charge is 0.497 e. The molecule has 2 heterocycles. The molecule has 0 saturated heterocycles. The van der Waals surface area contributed by atoms with E-state index in [2.05, 4.69) is 33.5 Å². The van der Waals surface area contributed by atoms with Crippen LogP contribution < -0.4 is 10.1 Å². The molecule has 0 aliphatic carbocycles. The lowest BCUT2D eigenvalue weighted by Gasteiger charge is -2.07. The third-order valence-electron chi connectivity index (χ3n) is 3.32. The van der Waals surface area contributed by atoms with E-state index < -0.39 is 0 Å². The summed E-state index contributed by atoms with van der Waals surface area (Å²) in [4.78, 5) is 9.74. The van der Waals surface area contributed by atoms with E-state index in [9.17, 15) is 0 Å². The number of hydrogen-bond donors (Lipinski definition) is 1. The summed E-state index contributed by atoms with van der Waals surface area (Å²) in [6.07, 6.45) is 2.53. The van der Waals surface area contributed by atoms with Gasteiger partial charge in [0, 0.05) is 12.6 Å². The Balaban J connectivity index is 1.58. The molecule has 112 valence electrons. The molecular formula is C17H17N3OS. The number of aromatic nitrogens is 2. The minimum Gasteiger partial charge on any atom is -0.497 e. The second-order valence-corrected chi connectivity index (χ2v) is 5.74. The van der Waals surface area contributed by atoms with Crippen molar-refractivity contribution in [1.29, 1.82) is 0 Å². The van der Waals surface area contributed by atoms with E-state index in [1.54, 1.807) is 24.8 Å². The molecule has 3 aromatic rings. The van der Waals surface area contributed by atoms with Crippen LogP contribution in [0.4, 0.5) is 5.82 Å². The molecular weight excluding hydrogens is 294 g/mol. The average molecular weight is 311 g/mol. The van der Waals surface area contributed by atoms with Gasteiger partial charge >= 0.3 is 0 Å². The Morgan fingerprint density at radius 2 is 2.00 bits per heavy atom. The lowest BCUT2D eigenvalue weighted by molar-refractivity contribution is 0.414. The van der Waals surface area contributed by atoms with Crippen molar-refractivity contribution < 1.29 is 4.74 Å². The highest BCUT2D eigenvalue weighted by molar-refractivity contribution is 7.13. The molecule has 0 aliphatic heterocycles. The van der Waals surface area contributed by atoms with E-state index in [1.807, 2.05) is 29.6 Å². The monoisotopic (exact) mass is 311 g/mol. The topological polar surface area (TPSA) is 47.0 Å². The van der Waals surface area contributed by atoms with Crippen molar-refractivity contribution in [3.05, 3.63) is 59.7 Å². The van der Waals surface area contributed by atoms with Crippen LogP contribution in [-0.4, -0.2) is 23.6 Å². The fourth-order valence-corrected chi connectivity index (χ4v) is 2.83. The van der Waals surface area contributed by atoms with Gasteiger partial charge in [-0.3, -0.25) is 0 Å². The van der Waals surface area contributed by atoms with Gasteiger partial charge in [-0.05, 0) is 35.6 Å². The maximum Gasteiger partial charge on any atom is 0.129 e. The zero-order chi connectivity index (χ0) is 15.2. The number of rotatable bonds is 6. The Hall–Kier alpha value is -2.40. The minimum absolute atomic E-state index is 0.827. The van der Waals surface area contributed by atoms with Crippen molar-refractivity contribution in [2.45, 2.75) is 6.42 Å². The van der Waals surface area contributed by atoms with E-state index in [-0.39, 0.29) is 0 Å². The molecule has 0 aliphatic rings. The number of anilines is 1. The van der Waals surface area contributed by atoms with Gasteiger partial charge in [0.1, 0.15) is 17.9 Å². The van der Waals surface area contributed by atoms with Crippen LogP contribution in [0.2, 0.25) is 0 Å². The van der Waals surface area contributed by atoms with Crippen LogP contribution in [0.25, 0.3) is 10.6 Å². The fraction of sp³-hybridized carbons (Fsp3) is 0.176. The van der Waals surface area contributed by atoms with Crippen molar-refractivity contribution >= 4 is 17.2 Å². The number of methoxy groups -OCH3 is 1. The first-order chi connectivity index (χ1) is 10.8. The van der Waals surface area contributed by atoms with Crippen molar-refractivity contribution in [2.24, 2.45) is 0 Å². The Morgan fingerprint density at radius 1 is 1.14 bits per heavy atom. The van der Waals surface area contributed by atoms with Gasteiger partial charge in [-0.25, -0.2) is 9.97 Å². The summed E-state index contributed by atoms with van der Waals surface area (Å²) in [6.45, 7) is 0.827. The Labute approximate surface area is 133 Å². The van der Waals surface area contributed by atoms with Gasteiger partial charge in [-0.15, -0.1) is 11.3 Å². The first kappa shape index (κ1) is 14.5. The van der Waals surface area contributed by atoms with Crippen LogP contribution in [0.15, 0.2) is 54.2 Å². The normalized spacial score (nSPS) is 10.4. The summed E-state index contributed by atoms with van der Waals surface area (Å²) in [5.41, 5.74) is 2.22. The predicted octanol–water partition coefficient (Wildman–Crippen LogP) is 3.87. The van der Waals surface area contributed by atoms with Gasteiger partial charge < -0.3 is 10.1 Å². The van der Waals surface area contributed by atoms with Crippen LogP contribution in [0.1, 0.15) is 5.56 Å². The van der Waals surface area contributed by atoms with Crippen molar-refractivity contribution in [3.8, 4) is 16.3 Å². The highest BCUT2D eigenvalue weighted by Crippen LogP contribution is 2.23. The molecule has 4 nitrogen and oxygen atoms in total. The lowest BCUT2D eigenvalue weighted by Crippen LogP contribution is -2.06. The number of hydrogen-bond acceptors (Lipinski definition) is 5. The minimum atomic E-state index is 0.827. The number of benzene rings is 1. The Morgan fingerprint density at radius 3 is 2.73 bits per heavy atom. The molecule has 0 radical (unpaired) electrons. The SMILES string of the molecule is COc1ccc(CCNc2cc(-c3cccs3)ncn2)cc1. The second kappa shape index (κ2) is 7.04. The quantitative estimate of drug-likeness (QED) is 0.751. The van der Waals surface area contributed by atoms with E-state index in [0.717, 1.165) is 35.1 Å². The zero-order valence-electron chi connectivity index (χ0n) is 12.3. The van der Waals surface area contributed by atoms with Crippen LogP contribution in [0.3, 0.4) is 0 Å². The smallest absolute Gasteiger partial charge is 0.129 e. The summed E-state index contributed by atoms with van der Waals surface area (Å²) in [6, 6.07) is 14.2. The third-order valence-corrected chi connectivity index (χ3v) is 4.21. The molecule has 5 heteroatoms. The summed E-state index contributed by atoms with van der Waals surface area (Å²) >= 11 is 1.68. The fourth-order valence-electron chi connectivity index (χ4n) is 2.14. The summed E-state index contributed by atoms with van der Waals surface area (Å²) < 4.78 is 5.16. The maximum atomic E-state index is 5.16. The van der Waals surface area contributed by atoms with Crippen molar-refractivity contribution in [1.82, 2.24) is 9.97 Å². The molecule has 0 spiro atoms. The van der Waals surface area contributed by atoms with Gasteiger partial charge in [0.2, 0.25) is 0 Å². The number of ether oxygens (including phenoxy) is 1. The molecule has 3 rings (SSSR count). The van der Waals surface area contributed by atoms with Crippen LogP contribution in [-0.2, 0) is 6.42 Å². The molecule has 0 bridgehead atoms. The van der Waals surface area contributed by atoms with Crippen molar-refractivity contribution in [3.63, 3.8) is 0 Å². The molecule has 0 fully saturated rings. The molecule has 0 saturated carbocycles. The lowest BCUT2D eigenvalue weighted by atomic mass is 10.1. The molecule has 2 aromatic heterocycles. The van der Waals surface area contributed by atoms with Gasteiger partial charge in [-0.1, -0.05) is 18.2 Å². The van der Waals surface area contributed by atoms with E-state index in [1.165, 1.54) is 5.56 Å². The predicted molar refractivity (Wildman–Crippen MR) is 90.5 cm³/mol. The summed E-state index contributed by atoms with van der Waals surface area (Å²) in [5, 5.41) is 5.40. The summed E-state index contributed by atoms with van der Waals surface area (Å²) in [7, 11) is 1.68. The van der Waals surface area contributed by atoms with Crippen LogP contribution in [0, 0.1) is 0 Å². The van der Waals surface area contributed by atoms with Gasteiger partial charge in [0.05, 0.1) is 17.7 Å². The van der Waals surface area contributed by atoms with Gasteiger partial charge in [0.15, 0.2) is 0 Å². The average Bonchev–Trinajstić information content (AvgIpc) is 3.10. The molecule has 1 N–H and O–H groups in total. The highest BCUT2D eigenvalue weighted by Gasteiger charge is 2.02. The van der Waals surface area contributed by atoms with Gasteiger partial charge in [0.25, 0.3) is 0 Å². The van der Waals surface area contributed by atoms with Crippen LogP contribution >= 0.6 is 11.3 Å². The molecule has 0 amide bonds. The molecule has 1 aromatic carbocycles.